The van der Waals surface area contributed by atoms with Crippen molar-refractivity contribution >= 4 is 40.3 Å². The summed E-state index contributed by atoms with van der Waals surface area (Å²) in [6.07, 6.45) is 10.4. The van der Waals surface area contributed by atoms with Gasteiger partial charge in [-0.2, -0.15) is 5.10 Å². The van der Waals surface area contributed by atoms with E-state index in [1.165, 1.54) is 29.9 Å². The number of aryl methyl sites for hydroxylation is 1. The largest absolute Gasteiger partial charge is 0.444 e. The second kappa shape index (κ2) is 17.9. The number of imide groups is 1. The molecular formula is C44H53F2N11O5. The number of alkyl halides is 2. The van der Waals surface area contributed by atoms with Crippen LogP contribution in [0.2, 0.25) is 0 Å². The molecule has 1 aromatic carbocycles. The summed E-state index contributed by atoms with van der Waals surface area (Å²) in [6, 6.07) is 8.63. The molecule has 0 spiro atoms. The summed E-state index contributed by atoms with van der Waals surface area (Å²) in [7, 11) is 1.74. The molecule has 0 radical (unpaired) electrons. The number of imidazole rings is 1. The number of piperidine rings is 3. The smallest absolute Gasteiger partial charge is 0.329 e. The van der Waals surface area contributed by atoms with E-state index in [1.807, 2.05) is 12.1 Å². The summed E-state index contributed by atoms with van der Waals surface area (Å²) >= 11 is 0. The molecule has 7 heterocycles. The van der Waals surface area contributed by atoms with E-state index in [4.69, 9.17) is 4.42 Å². The number of nitrogens with one attached hydrogen (secondary N) is 3. The predicted molar refractivity (Wildman–Crippen MR) is 227 cm³/mol. The molecule has 5 aromatic rings. The number of amides is 3. The van der Waals surface area contributed by atoms with Crippen LogP contribution >= 0.6 is 0 Å². The number of benzene rings is 1. The number of rotatable bonds is 15. The maximum atomic E-state index is 14.2. The lowest BCUT2D eigenvalue weighted by molar-refractivity contribution is -0.135. The first-order chi connectivity index (χ1) is 30.1. The van der Waals surface area contributed by atoms with Gasteiger partial charge in [-0.15, -0.1) is 0 Å². The lowest BCUT2D eigenvalue weighted by Gasteiger charge is -2.34. The van der Waals surface area contributed by atoms with E-state index >= 15 is 0 Å². The Morgan fingerprint density at radius 3 is 2.53 bits per heavy atom. The first-order valence-corrected chi connectivity index (χ1v) is 21.9. The fraction of sp³-hybridized carbons (Fsp3) is 0.523. The zero-order chi connectivity index (χ0) is 42.9. The average molecular weight is 854 g/mol. The highest BCUT2D eigenvalue weighted by atomic mass is 19.3. The summed E-state index contributed by atoms with van der Waals surface area (Å²) in [6.45, 7) is 6.14. The first kappa shape index (κ1) is 41.6. The molecule has 1 saturated carbocycles. The molecular weight excluding hydrogens is 801 g/mol. The number of anilines is 2. The fourth-order valence-corrected chi connectivity index (χ4v) is 9.34. The Kier molecular flexibility index (Phi) is 12.0. The second-order valence-corrected chi connectivity index (χ2v) is 17.4. The van der Waals surface area contributed by atoms with Crippen LogP contribution in [0.25, 0.3) is 22.5 Å². The van der Waals surface area contributed by atoms with E-state index in [-0.39, 0.29) is 41.3 Å². The van der Waals surface area contributed by atoms with Crippen molar-refractivity contribution in [3.8, 4) is 11.5 Å². The van der Waals surface area contributed by atoms with Gasteiger partial charge in [0.25, 0.3) is 12.3 Å². The van der Waals surface area contributed by atoms with E-state index in [2.05, 4.69) is 46.9 Å². The number of oxazole rings is 1. The van der Waals surface area contributed by atoms with Gasteiger partial charge in [0, 0.05) is 57.6 Å². The second-order valence-electron chi connectivity index (χ2n) is 17.4. The molecule has 1 unspecified atom stereocenters. The average Bonchev–Trinajstić information content (AvgIpc) is 3.67. The Labute approximate surface area is 357 Å². The van der Waals surface area contributed by atoms with Crippen LogP contribution in [0, 0.1) is 11.8 Å². The summed E-state index contributed by atoms with van der Waals surface area (Å²) in [5.74, 6) is 0.825. The summed E-state index contributed by atoms with van der Waals surface area (Å²) in [5, 5.41) is 12.5. The number of carbonyl (C=O) groups is 3. The third kappa shape index (κ3) is 9.07. The van der Waals surface area contributed by atoms with Gasteiger partial charge in [-0.25, -0.2) is 23.5 Å². The highest BCUT2D eigenvalue weighted by Gasteiger charge is 2.32. The number of hydrogen-bond donors (Lipinski definition) is 3. The van der Waals surface area contributed by atoms with Gasteiger partial charge in [-0.1, -0.05) is 12.1 Å². The number of hydrogen-bond acceptors (Lipinski definition) is 11. The van der Waals surface area contributed by atoms with Gasteiger partial charge in [0.15, 0.2) is 11.4 Å². The molecule has 3 saturated heterocycles. The maximum Gasteiger partial charge on any atom is 0.329 e. The Balaban J connectivity index is 0.727. The van der Waals surface area contributed by atoms with Crippen molar-refractivity contribution in [2.45, 2.75) is 89.3 Å². The van der Waals surface area contributed by atoms with E-state index < -0.39 is 30.0 Å². The number of halogens is 2. The fourth-order valence-electron chi connectivity index (χ4n) is 9.34. The molecule has 4 aliphatic rings. The van der Waals surface area contributed by atoms with Crippen molar-refractivity contribution in [2.75, 3.05) is 49.9 Å². The van der Waals surface area contributed by atoms with E-state index in [0.717, 1.165) is 88.9 Å². The molecule has 0 bridgehead atoms. The van der Waals surface area contributed by atoms with Crippen LogP contribution in [0.4, 0.5) is 20.3 Å². The molecule has 4 aromatic heterocycles. The number of aromatic nitrogens is 6. The molecule has 3 N–H and O–H groups in total. The number of nitrogens with zero attached hydrogens (tertiary/aromatic N) is 8. The maximum absolute atomic E-state index is 14.2. The summed E-state index contributed by atoms with van der Waals surface area (Å²) in [4.78, 5) is 64.5. The molecule has 1 atom stereocenters. The Morgan fingerprint density at radius 2 is 1.77 bits per heavy atom. The third-order valence-corrected chi connectivity index (χ3v) is 13.1. The molecule has 18 heteroatoms. The van der Waals surface area contributed by atoms with Crippen LogP contribution in [0.1, 0.15) is 104 Å². The lowest BCUT2D eigenvalue weighted by Crippen LogP contribution is -2.44. The summed E-state index contributed by atoms with van der Waals surface area (Å²) in [5.41, 5.74) is 2.44. The molecule has 3 aliphatic heterocycles. The van der Waals surface area contributed by atoms with Crippen molar-refractivity contribution < 1.29 is 27.6 Å². The number of pyridine rings is 1. The highest BCUT2D eigenvalue weighted by molar-refractivity contribution is 6.03. The minimum Gasteiger partial charge on any atom is -0.444 e. The van der Waals surface area contributed by atoms with Gasteiger partial charge >= 0.3 is 5.69 Å². The number of likely N-dealkylation sites (tertiary alicyclic amines) is 2. The van der Waals surface area contributed by atoms with Crippen LogP contribution in [0.5, 0.6) is 0 Å². The van der Waals surface area contributed by atoms with Crippen molar-refractivity contribution in [2.24, 2.45) is 18.9 Å². The Morgan fingerprint density at radius 1 is 0.984 bits per heavy atom. The van der Waals surface area contributed by atoms with Gasteiger partial charge in [0.2, 0.25) is 17.7 Å². The normalized spacial score (nSPS) is 19.7. The number of fused-ring (bicyclic) bond motifs is 1. The summed E-state index contributed by atoms with van der Waals surface area (Å²) < 4.78 is 38.7. The van der Waals surface area contributed by atoms with Gasteiger partial charge in [-0.3, -0.25) is 38.4 Å². The minimum absolute atomic E-state index is 0.0282. The lowest BCUT2D eigenvalue weighted by atomic mass is 9.91. The Hall–Kier alpha value is -5.75. The molecule has 1 aliphatic carbocycles. The first-order valence-electron chi connectivity index (χ1n) is 21.9. The zero-order valence-electron chi connectivity index (χ0n) is 34.9. The predicted octanol–water partition coefficient (Wildman–Crippen LogP) is 5.91. The molecule has 16 nitrogen and oxygen atoms in total. The highest BCUT2D eigenvalue weighted by Crippen LogP contribution is 2.33. The molecule has 62 heavy (non-hydrogen) atoms. The molecule has 3 amide bonds. The van der Waals surface area contributed by atoms with Crippen molar-refractivity contribution in [3.63, 3.8) is 0 Å². The number of carbonyl (C=O) groups excluding carboxylic acids is 3. The topological polar surface area (TPSA) is 177 Å². The number of para-hydroxylation sites is 1. The monoisotopic (exact) mass is 853 g/mol. The van der Waals surface area contributed by atoms with Crippen molar-refractivity contribution in [1.82, 2.24) is 44.0 Å². The van der Waals surface area contributed by atoms with E-state index in [1.54, 1.807) is 34.6 Å². The van der Waals surface area contributed by atoms with E-state index in [9.17, 15) is 28.0 Å². The molecule has 9 rings (SSSR count). The quantitative estimate of drug-likeness (QED) is 0.107. The zero-order valence-corrected chi connectivity index (χ0v) is 34.9. The van der Waals surface area contributed by atoms with Gasteiger partial charge in [0.1, 0.15) is 18.1 Å². The van der Waals surface area contributed by atoms with Crippen LogP contribution in [0.3, 0.4) is 0 Å². The van der Waals surface area contributed by atoms with Crippen LogP contribution in [-0.2, 0) is 23.2 Å². The van der Waals surface area contributed by atoms with Crippen LogP contribution in [-0.4, -0.2) is 95.7 Å². The standard InChI is InChI=1S/C44H53F2N11O5/c1-53-39-30(5-2-6-34(39)57(44(53)61)35-9-10-37(58)51-42(35)60)24-55-18-12-27(13-19-55)4-3-17-54-20-14-31(15-21-54)56-25-32(38(52-56)40(45)46)49-41(59)33-26-62-43(50-33)29-11-16-47-36(22-29)48-23-28-7-8-28/h2,5-6,11,16,22,25-28,31,35,40H,3-4,7-10,12-15,17-21,23-24H2,1H3,(H,47,48)(H,49,59)(H,51,58,60). The van der Waals surface area contributed by atoms with Crippen molar-refractivity contribution in [3.05, 3.63) is 76.4 Å². The van der Waals surface area contributed by atoms with Gasteiger partial charge in [0.05, 0.1) is 22.8 Å². The Bertz CT molecular complexity index is 2490. The third-order valence-electron chi connectivity index (χ3n) is 13.1. The van der Waals surface area contributed by atoms with E-state index in [0.29, 0.717) is 41.7 Å². The molecule has 4 fully saturated rings. The molecule has 328 valence electrons. The SMILES string of the molecule is Cn1c(=O)n(C2CCC(=O)NC2=O)c2cccc(CN3CCC(CCCN4CCC(n5cc(NC(=O)c6coc(-c7ccnc(NCC8CC8)c7)n6)c(C(F)F)n5)CC4)CC3)c21. The van der Waals surface area contributed by atoms with Crippen LogP contribution < -0.4 is 21.6 Å². The van der Waals surface area contributed by atoms with Crippen molar-refractivity contribution in [1.29, 1.82) is 0 Å². The minimum atomic E-state index is -2.87. The van der Waals surface area contributed by atoms with Gasteiger partial charge < -0.3 is 20.0 Å². The van der Waals surface area contributed by atoms with Crippen LogP contribution in [0.15, 0.2) is 58.2 Å². The van der Waals surface area contributed by atoms with Gasteiger partial charge in [-0.05, 0) is 113 Å².